The lowest BCUT2D eigenvalue weighted by atomic mass is 10.0. The molecule has 0 aliphatic carbocycles. The zero-order valence-corrected chi connectivity index (χ0v) is 13.9. The molecule has 108 valence electrons. The molecule has 3 N–H and O–H groups in total. The Labute approximate surface area is 136 Å². The SMILES string of the molecule is Nc1n[nH]c(CCCc2cccs2)c1-c1ccccc1Br. The van der Waals surface area contributed by atoms with Crippen LogP contribution in [0.25, 0.3) is 11.1 Å². The number of rotatable bonds is 5. The number of anilines is 1. The number of hydrogen-bond donors (Lipinski definition) is 2. The average molecular weight is 362 g/mol. The molecule has 0 spiro atoms. The van der Waals surface area contributed by atoms with Gasteiger partial charge in [-0.15, -0.1) is 11.3 Å². The van der Waals surface area contributed by atoms with E-state index in [1.807, 2.05) is 29.5 Å². The van der Waals surface area contributed by atoms with E-state index >= 15 is 0 Å². The standard InChI is InChI=1S/C16H16BrN3S/c17-13-8-2-1-7-12(13)15-14(19-20-16(15)18)9-3-5-11-6-4-10-21-11/h1-2,4,6-8,10H,3,5,9H2,(H3,18,19,20). The van der Waals surface area contributed by atoms with Crippen LogP contribution in [0.1, 0.15) is 17.0 Å². The van der Waals surface area contributed by atoms with Crippen LogP contribution in [0.15, 0.2) is 46.3 Å². The van der Waals surface area contributed by atoms with Crippen LogP contribution in [-0.2, 0) is 12.8 Å². The van der Waals surface area contributed by atoms with Gasteiger partial charge in [-0.2, -0.15) is 5.10 Å². The van der Waals surface area contributed by atoms with E-state index in [1.54, 1.807) is 0 Å². The Morgan fingerprint density at radius 2 is 2.00 bits per heavy atom. The first kappa shape index (κ1) is 14.4. The van der Waals surface area contributed by atoms with Gasteiger partial charge in [-0.25, -0.2) is 0 Å². The lowest BCUT2D eigenvalue weighted by Gasteiger charge is -2.06. The zero-order chi connectivity index (χ0) is 14.7. The highest BCUT2D eigenvalue weighted by Crippen LogP contribution is 2.34. The van der Waals surface area contributed by atoms with Gasteiger partial charge in [0, 0.05) is 26.2 Å². The second-order valence-corrected chi connectivity index (χ2v) is 6.76. The van der Waals surface area contributed by atoms with Gasteiger partial charge in [0.1, 0.15) is 0 Å². The van der Waals surface area contributed by atoms with Crippen molar-refractivity contribution >= 4 is 33.1 Å². The first-order valence-corrected chi connectivity index (χ1v) is 8.53. The molecule has 3 nitrogen and oxygen atoms in total. The van der Waals surface area contributed by atoms with Crippen LogP contribution in [0.2, 0.25) is 0 Å². The Hall–Kier alpha value is -1.59. The number of halogens is 1. The third-order valence-corrected chi connectivity index (χ3v) is 5.07. The van der Waals surface area contributed by atoms with E-state index in [-0.39, 0.29) is 0 Å². The molecule has 0 bridgehead atoms. The highest BCUT2D eigenvalue weighted by Gasteiger charge is 2.15. The summed E-state index contributed by atoms with van der Waals surface area (Å²) >= 11 is 5.40. The number of nitrogens with zero attached hydrogens (tertiary/aromatic N) is 1. The Morgan fingerprint density at radius 1 is 1.14 bits per heavy atom. The van der Waals surface area contributed by atoms with Gasteiger partial charge >= 0.3 is 0 Å². The predicted molar refractivity (Wildman–Crippen MR) is 92.5 cm³/mol. The summed E-state index contributed by atoms with van der Waals surface area (Å²) in [5.74, 6) is 0.563. The topological polar surface area (TPSA) is 54.7 Å². The molecule has 5 heteroatoms. The van der Waals surface area contributed by atoms with E-state index in [0.717, 1.165) is 40.6 Å². The molecule has 0 radical (unpaired) electrons. The molecule has 0 unspecified atom stereocenters. The number of thiophene rings is 1. The van der Waals surface area contributed by atoms with E-state index in [9.17, 15) is 0 Å². The van der Waals surface area contributed by atoms with Gasteiger partial charge in [-0.3, -0.25) is 5.10 Å². The molecule has 2 aromatic heterocycles. The average Bonchev–Trinajstić information content (AvgIpc) is 3.11. The lowest BCUT2D eigenvalue weighted by Crippen LogP contribution is -1.93. The summed E-state index contributed by atoms with van der Waals surface area (Å²) in [6.45, 7) is 0. The quantitative estimate of drug-likeness (QED) is 0.694. The summed E-state index contributed by atoms with van der Waals surface area (Å²) < 4.78 is 1.04. The van der Waals surface area contributed by atoms with E-state index < -0.39 is 0 Å². The van der Waals surface area contributed by atoms with E-state index in [2.05, 4.69) is 49.7 Å². The van der Waals surface area contributed by atoms with Crippen molar-refractivity contribution in [3.63, 3.8) is 0 Å². The first-order chi connectivity index (χ1) is 10.3. The number of nitrogen functional groups attached to an aromatic ring is 1. The minimum absolute atomic E-state index is 0.563. The van der Waals surface area contributed by atoms with Crippen molar-refractivity contribution in [2.24, 2.45) is 0 Å². The number of H-pyrrole nitrogens is 1. The molecular weight excluding hydrogens is 346 g/mol. The van der Waals surface area contributed by atoms with Gasteiger partial charge < -0.3 is 5.73 Å². The molecule has 0 fully saturated rings. The molecule has 0 saturated carbocycles. The zero-order valence-electron chi connectivity index (χ0n) is 11.5. The summed E-state index contributed by atoms with van der Waals surface area (Å²) in [6, 6.07) is 12.4. The van der Waals surface area contributed by atoms with Crippen LogP contribution in [0.5, 0.6) is 0 Å². The fraction of sp³-hybridized carbons (Fsp3) is 0.188. The predicted octanol–water partition coefficient (Wildman–Crippen LogP) is 4.66. The number of benzene rings is 1. The van der Waals surface area contributed by atoms with Crippen molar-refractivity contribution in [3.05, 3.63) is 56.8 Å². The number of nitrogens with one attached hydrogen (secondary N) is 1. The van der Waals surface area contributed by atoms with Gasteiger partial charge in [-0.1, -0.05) is 40.2 Å². The molecule has 0 saturated heterocycles. The summed E-state index contributed by atoms with van der Waals surface area (Å²) in [5.41, 5.74) is 9.27. The van der Waals surface area contributed by atoms with Crippen molar-refractivity contribution in [3.8, 4) is 11.1 Å². The van der Waals surface area contributed by atoms with Gasteiger partial charge in [0.05, 0.1) is 0 Å². The van der Waals surface area contributed by atoms with Gasteiger partial charge in [0.15, 0.2) is 5.82 Å². The second kappa shape index (κ2) is 6.45. The number of nitrogens with two attached hydrogens (primary N) is 1. The van der Waals surface area contributed by atoms with E-state index in [1.165, 1.54) is 4.88 Å². The lowest BCUT2D eigenvalue weighted by molar-refractivity contribution is 0.802. The second-order valence-electron chi connectivity index (χ2n) is 4.88. The third-order valence-electron chi connectivity index (χ3n) is 3.44. The molecule has 0 aliphatic rings. The fourth-order valence-electron chi connectivity index (χ4n) is 2.43. The maximum absolute atomic E-state index is 6.05. The maximum Gasteiger partial charge on any atom is 0.153 e. The van der Waals surface area contributed by atoms with Crippen molar-refractivity contribution in [2.75, 3.05) is 5.73 Å². The van der Waals surface area contributed by atoms with Crippen LogP contribution in [-0.4, -0.2) is 10.2 Å². The molecule has 3 aromatic rings. The third kappa shape index (κ3) is 3.19. The van der Waals surface area contributed by atoms with Crippen LogP contribution >= 0.6 is 27.3 Å². The van der Waals surface area contributed by atoms with Crippen LogP contribution in [0, 0.1) is 0 Å². The molecule has 0 amide bonds. The van der Waals surface area contributed by atoms with Crippen LogP contribution in [0.4, 0.5) is 5.82 Å². The summed E-state index contributed by atoms with van der Waals surface area (Å²) in [6.07, 6.45) is 3.12. The highest BCUT2D eigenvalue weighted by atomic mass is 79.9. The van der Waals surface area contributed by atoms with Crippen molar-refractivity contribution in [1.29, 1.82) is 0 Å². The monoisotopic (exact) mass is 361 g/mol. The molecular formula is C16H16BrN3S. The summed E-state index contributed by atoms with van der Waals surface area (Å²) in [5, 5.41) is 9.39. The number of aromatic amines is 1. The Kier molecular flexibility index (Phi) is 4.41. The number of aryl methyl sites for hydroxylation is 2. The molecule has 2 heterocycles. The highest BCUT2D eigenvalue weighted by molar-refractivity contribution is 9.10. The van der Waals surface area contributed by atoms with Gasteiger partial charge in [0.25, 0.3) is 0 Å². The molecule has 21 heavy (non-hydrogen) atoms. The normalized spacial score (nSPS) is 10.9. The van der Waals surface area contributed by atoms with Gasteiger partial charge in [-0.05, 0) is 36.8 Å². The summed E-state index contributed by atoms with van der Waals surface area (Å²) in [4.78, 5) is 1.42. The molecule has 0 aliphatic heterocycles. The summed E-state index contributed by atoms with van der Waals surface area (Å²) in [7, 11) is 0. The molecule has 0 atom stereocenters. The van der Waals surface area contributed by atoms with Gasteiger partial charge in [0.2, 0.25) is 0 Å². The maximum atomic E-state index is 6.05. The van der Waals surface area contributed by atoms with E-state index in [4.69, 9.17) is 5.73 Å². The molecule has 1 aromatic carbocycles. The number of aromatic nitrogens is 2. The first-order valence-electron chi connectivity index (χ1n) is 6.85. The minimum atomic E-state index is 0.563. The Bertz CT molecular complexity index is 719. The minimum Gasteiger partial charge on any atom is -0.382 e. The van der Waals surface area contributed by atoms with Crippen LogP contribution < -0.4 is 5.73 Å². The van der Waals surface area contributed by atoms with Crippen molar-refractivity contribution in [1.82, 2.24) is 10.2 Å². The molecule has 3 rings (SSSR count). The fourth-order valence-corrected chi connectivity index (χ4v) is 3.67. The Balaban J connectivity index is 1.79. The van der Waals surface area contributed by atoms with E-state index in [0.29, 0.717) is 5.82 Å². The van der Waals surface area contributed by atoms with Crippen molar-refractivity contribution in [2.45, 2.75) is 19.3 Å². The Morgan fingerprint density at radius 3 is 2.76 bits per heavy atom. The number of hydrogen-bond acceptors (Lipinski definition) is 3. The van der Waals surface area contributed by atoms with Crippen LogP contribution in [0.3, 0.4) is 0 Å². The van der Waals surface area contributed by atoms with Crippen molar-refractivity contribution < 1.29 is 0 Å². The smallest absolute Gasteiger partial charge is 0.153 e. The largest absolute Gasteiger partial charge is 0.382 e.